The van der Waals surface area contributed by atoms with Crippen molar-refractivity contribution in [1.82, 2.24) is 4.90 Å². The van der Waals surface area contributed by atoms with Gasteiger partial charge in [-0.15, -0.1) is 0 Å². The fraction of sp³-hybridized carbons (Fsp3) is 0.500. The Hall–Kier alpha value is -1.57. The molecule has 0 aromatic rings. The molecule has 0 aromatic heterocycles. The number of nitrogens with zero attached hydrogens (tertiary/aromatic N) is 2. The second-order valence-corrected chi connectivity index (χ2v) is 1.68. The highest BCUT2D eigenvalue weighted by molar-refractivity contribution is 5.80. The molecule has 11 heavy (non-hydrogen) atoms. The maximum absolute atomic E-state index is 10.6. The van der Waals surface area contributed by atoms with E-state index in [2.05, 4.69) is 4.74 Å². The molecule has 0 aromatic carbocycles. The van der Waals surface area contributed by atoms with Crippen LogP contribution in [-0.4, -0.2) is 31.1 Å². The summed E-state index contributed by atoms with van der Waals surface area (Å²) in [5.41, 5.74) is 0. The van der Waals surface area contributed by atoms with Crippen molar-refractivity contribution in [2.45, 2.75) is 6.42 Å². The minimum atomic E-state index is -0.741. The lowest BCUT2D eigenvalue weighted by atomic mass is 10.4. The first-order valence-corrected chi connectivity index (χ1v) is 2.93. The molecule has 0 aliphatic heterocycles. The lowest BCUT2D eigenvalue weighted by Crippen LogP contribution is -2.30. The maximum atomic E-state index is 10.6. The Kier molecular flexibility index (Phi) is 4.49. The number of nitriles is 1. The van der Waals surface area contributed by atoms with Crippen LogP contribution in [0.4, 0.5) is 4.79 Å². The van der Waals surface area contributed by atoms with Crippen molar-refractivity contribution >= 4 is 12.5 Å². The second kappa shape index (κ2) is 5.23. The number of carbonyl (C=O) groups is 2. The van der Waals surface area contributed by atoms with E-state index in [1.54, 1.807) is 6.07 Å². The molecule has 0 unspecified atom stereocenters. The Bertz CT molecular complexity index is 185. The smallest absolute Gasteiger partial charge is 0.416 e. The summed E-state index contributed by atoms with van der Waals surface area (Å²) in [5, 5.41) is 8.12. The quantitative estimate of drug-likeness (QED) is 0.544. The average Bonchev–Trinajstić information content (AvgIpc) is 2.05. The average molecular weight is 156 g/mol. The third-order valence-corrected chi connectivity index (χ3v) is 1.00. The minimum Gasteiger partial charge on any atom is -0.452 e. The summed E-state index contributed by atoms with van der Waals surface area (Å²) in [4.78, 5) is 21.5. The SMILES string of the molecule is COC(=O)N(C=O)CCC#N. The molecule has 0 heterocycles. The molecule has 60 valence electrons. The zero-order valence-electron chi connectivity index (χ0n) is 6.11. The zero-order chi connectivity index (χ0) is 8.69. The van der Waals surface area contributed by atoms with E-state index in [0.717, 1.165) is 4.90 Å². The molecule has 0 fully saturated rings. The van der Waals surface area contributed by atoms with Gasteiger partial charge in [-0.25, -0.2) is 9.69 Å². The van der Waals surface area contributed by atoms with Crippen molar-refractivity contribution < 1.29 is 14.3 Å². The van der Waals surface area contributed by atoms with Gasteiger partial charge < -0.3 is 4.74 Å². The predicted octanol–water partition coefficient (Wildman–Crippen LogP) is 0.125. The van der Waals surface area contributed by atoms with Crippen LogP contribution in [0.2, 0.25) is 0 Å². The third kappa shape index (κ3) is 3.20. The van der Waals surface area contributed by atoms with Gasteiger partial charge in [-0.3, -0.25) is 4.79 Å². The monoisotopic (exact) mass is 156 g/mol. The molecule has 0 aliphatic rings. The van der Waals surface area contributed by atoms with E-state index in [4.69, 9.17) is 5.26 Å². The van der Waals surface area contributed by atoms with Gasteiger partial charge in [-0.1, -0.05) is 0 Å². The zero-order valence-corrected chi connectivity index (χ0v) is 6.11. The number of imide groups is 1. The molecule has 5 nitrogen and oxygen atoms in total. The lowest BCUT2D eigenvalue weighted by molar-refractivity contribution is -0.116. The second-order valence-electron chi connectivity index (χ2n) is 1.68. The van der Waals surface area contributed by atoms with E-state index in [9.17, 15) is 9.59 Å². The highest BCUT2D eigenvalue weighted by Crippen LogP contribution is 1.90. The van der Waals surface area contributed by atoms with Crippen LogP contribution in [-0.2, 0) is 9.53 Å². The lowest BCUT2D eigenvalue weighted by Gasteiger charge is -2.10. The number of methoxy groups -OCH3 is 1. The highest BCUT2D eigenvalue weighted by atomic mass is 16.5. The Morgan fingerprint density at radius 2 is 2.45 bits per heavy atom. The number of hydrogen-bond donors (Lipinski definition) is 0. The van der Waals surface area contributed by atoms with Crippen LogP contribution in [0.25, 0.3) is 0 Å². The van der Waals surface area contributed by atoms with Gasteiger partial charge in [0.2, 0.25) is 6.41 Å². The Balaban J connectivity index is 3.86. The number of amides is 2. The number of hydrogen-bond acceptors (Lipinski definition) is 4. The van der Waals surface area contributed by atoms with Gasteiger partial charge in [-0.05, 0) is 0 Å². The van der Waals surface area contributed by atoms with Crippen LogP contribution in [0.5, 0.6) is 0 Å². The summed E-state index contributed by atoms with van der Waals surface area (Å²) < 4.78 is 4.25. The van der Waals surface area contributed by atoms with Gasteiger partial charge in [-0.2, -0.15) is 5.26 Å². The largest absolute Gasteiger partial charge is 0.452 e. The Morgan fingerprint density at radius 1 is 1.82 bits per heavy atom. The Labute approximate surface area is 64.2 Å². The van der Waals surface area contributed by atoms with Gasteiger partial charge in [0.15, 0.2) is 0 Å². The summed E-state index contributed by atoms with van der Waals surface area (Å²) in [5.74, 6) is 0. The molecule has 0 aliphatic carbocycles. The molecule has 0 rings (SSSR count). The van der Waals surface area contributed by atoms with E-state index in [1.165, 1.54) is 7.11 Å². The molecule has 0 spiro atoms. The molecule has 0 N–H and O–H groups in total. The molecule has 0 saturated carbocycles. The first kappa shape index (κ1) is 9.43. The maximum Gasteiger partial charge on any atom is 0.416 e. The molecule has 2 amide bonds. The Morgan fingerprint density at radius 3 is 2.82 bits per heavy atom. The van der Waals surface area contributed by atoms with E-state index < -0.39 is 6.09 Å². The van der Waals surface area contributed by atoms with E-state index in [1.807, 2.05) is 0 Å². The van der Waals surface area contributed by atoms with Crippen LogP contribution in [0, 0.1) is 11.3 Å². The van der Waals surface area contributed by atoms with Crippen LogP contribution in [0.1, 0.15) is 6.42 Å². The van der Waals surface area contributed by atoms with Gasteiger partial charge >= 0.3 is 6.09 Å². The third-order valence-electron chi connectivity index (χ3n) is 1.00. The highest BCUT2D eigenvalue weighted by Gasteiger charge is 2.10. The molecule has 5 heteroatoms. The van der Waals surface area contributed by atoms with Crippen molar-refractivity contribution in [1.29, 1.82) is 5.26 Å². The number of carbonyl (C=O) groups excluding carboxylic acids is 2. The minimum absolute atomic E-state index is 0.0761. The summed E-state index contributed by atoms with van der Waals surface area (Å²) >= 11 is 0. The standard InChI is InChI=1S/C6H8N2O3/c1-11-6(10)8(5-9)4-2-3-7/h5H,2,4H2,1H3. The normalized spacial score (nSPS) is 8.00. The topological polar surface area (TPSA) is 70.4 Å². The molecule has 0 radical (unpaired) electrons. The number of rotatable bonds is 3. The van der Waals surface area contributed by atoms with E-state index in [-0.39, 0.29) is 13.0 Å². The molecule has 0 saturated heterocycles. The summed E-state index contributed by atoms with van der Waals surface area (Å²) in [6.07, 6.45) is -0.285. The van der Waals surface area contributed by atoms with Crippen molar-refractivity contribution in [3.05, 3.63) is 0 Å². The molecule has 0 atom stereocenters. The van der Waals surface area contributed by atoms with Crippen molar-refractivity contribution in [3.8, 4) is 6.07 Å². The molecular weight excluding hydrogens is 148 g/mol. The summed E-state index contributed by atoms with van der Waals surface area (Å²) in [6, 6.07) is 1.80. The van der Waals surface area contributed by atoms with Crippen molar-refractivity contribution in [3.63, 3.8) is 0 Å². The van der Waals surface area contributed by atoms with E-state index >= 15 is 0 Å². The molecule has 0 bridgehead atoms. The van der Waals surface area contributed by atoms with Crippen LogP contribution >= 0.6 is 0 Å². The van der Waals surface area contributed by atoms with Gasteiger partial charge in [0.1, 0.15) is 0 Å². The van der Waals surface area contributed by atoms with Crippen molar-refractivity contribution in [2.24, 2.45) is 0 Å². The van der Waals surface area contributed by atoms with Gasteiger partial charge in [0.05, 0.1) is 19.6 Å². The molecular formula is C6H8N2O3. The van der Waals surface area contributed by atoms with E-state index in [0.29, 0.717) is 6.41 Å². The van der Waals surface area contributed by atoms with Crippen LogP contribution in [0.3, 0.4) is 0 Å². The van der Waals surface area contributed by atoms with Crippen LogP contribution in [0.15, 0.2) is 0 Å². The summed E-state index contributed by atoms with van der Waals surface area (Å²) in [7, 11) is 1.17. The first-order valence-electron chi connectivity index (χ1n) is 2.93. The fourth-order valence-electron chi connectivity index (χ4n) is 0.475. The first-order chi connectivity index (χ1) is 5.26. The van der Waals surface area contributed by atoms with Crippen molar-refractivity contribution in [2.75, 3.05) is 13.7 Å². The number of ether oxygens (including phenoxy) is 1. The summed E-state index contributed by atoms with van der Waals surface area (Å²) in [6.45, 7) is 0.0761. The van der Waals surface area contributed by atoms with Gasteiger partial charge in [0.25, 0.3) is 0 Å². The predicted molar refractivity (Wildman–Crippen MR) is 35.4 cm³/mol. The fourth-order valence-corrected chi connectivity index (χ4v) is 0.475. The van der Waals surface area contributed by atoms with Crippen LogP contribution < -0.4 is 0 Å². The van der Waals surface area contributed by atoms with Gasteiger partial charge in [0, 0.05) is 6.54 Å².